The molecule has 0 aromatic heterocycles. The first-order valence-electron chi connectivity index (χ1n) is 7.31. The fourth-order valence-electron chi connectivity index (χ4n) is 3.03. The van der Waals surface area contributed by atoms with Gasteiger partial charge in [0.25, 0.3) is 0 Å². The SMILES string of the molecule is Cc1cc(N(C)C2CCC(C)(C)CC2)ccc1CBr. The highest BCUT2D eigenvalue weighted by molar-refractivity contribution is 9.08. The van der Waals surface area contributed by atoms with Crippen LogP contribution in [0.5, 0.6) is 0 Å². The Hall–Kier alpha value is -0.500. The number of alkyl halides is 1. The zero-order valence-electron chi connectivity index (χ0n) is 12.7. The van der Waals surface area contributed by atoms with Crippen LogP contribution in [0.15, 0.2) is 18.2 Å². The van der Waals surface area contributed by atoms with Gasteiger partial charge in [0.15, 0.2) is 0 Å². The van der Waals surface area contributed by atoms with E-state index in [1.165, 1.54) is 42.5 Å². The number of benzene rings is 1. The Morgan fingerprint density at radius 3 is 2.42 bits per heavy atom. The minimum Gasteiger partial charge on any atom is -0.372 e. The summed E-state index contributed by atoms with van der Waals surface area (Å²) in [7, 11) is 2.26. The van der Waals surface area contributed by atoms with Crippen molar-refractivity contribution in [3.63, 3.8) is 0 Å². The summed E-state index contributed by atoms with van der Waals surface area (Å²) in [4.78, 5) is 2.49. The van der Waals surface area contributed by atoms with E-state index in [1.54, 1.807) is 0 Å². The second-order valence-electron chi connectivity index (χ2n) is 6.75. The van der Waals surface area contributed by atoms with Crippen molar-refractivity contribution in [3.05, 3.63) is 29.3 Å². The fraction of sp³-hybridized carbons (Fsp3) is 0.647. The summed E-state index contributed by atoms with van der Waals surface area (Å²) in [5.74, 6) is 0. The van der Waals surface area contributed by atoms with E-state index in [9.17, 15) is 0 Å². The summed E-state index contributed by atoms with van der Waals surface area (Å²) in [5.41, 5.74) is 4.69. The highest BCUT2D eigenvalue weighted by Gasteiger charge is 2.28. The second kappa shape index (κ2) is 5.87. The number of hydrogen-bond acceptors (Lipinski definition) is 1. The molecule has 1 fully saturated rings. The molecule has 1 aliphatic carbocycles. The molecule has 0 spiro atoms. The molecule has 1 aliphatic rings. The molecule has 2 rings (SSSR count). The summed E-state index contributed by atoms with van der Waals surface area (Å²) in [6, 6.07) is 7.56. The Morgan fingerprint density at radius 2 is 1.89 bits per heavy atom. The lowest BCUT2D eigenvalue weighted by Crippen LogP contribution is -2.37. The first kappa shape index (κ1) is 14.9. The van der Waals surface area contributed by atoms with Gasteiger partial charge in [0.1, 0.15) is 0 Å². The van der Waals surface area contributed by atoms with Crippen molar-refractivity contribution in [2.45, 2.75) is 57.8 Å². The summed E-state index contributed by atoms with van der Waals surface area (Å²) in [6.45, 7) is 7.01. The minimum atomic E-state index is 0.549. The van der Waals surface area contributed by atoms with Crippen LogP contribution in [0.25, 0.3) is 0 Å². The van der Waals surface area contributed by atoms with Crippen molar-refractivity contribution in [1.82, 2.24) is 0 Å². The van der Waals surface area contributed by atoms with Gasteiger partial charge in [-0.05, 0) is 61.3 Å². The highest BCUT2D eigenvalue weighted by Crippen LogP contribution is 2.37. The third kappa shape index (κ3) is 3.53. The van der Waals surface area contributed by atoms with Gasteiger partial charge in [-0.15, -0.1) is 0 Å². The zero-order chi connectivity index (χ0) is 14.0. The van der Waals surface area contributed by atoms with Gasteiger partial charge in [-0.3, -0.25) is 0 Å². The Balaban J connectivity index is 2.08. The topological polar surface area (TPSA) is 3.24 Å². The molecule has 0 atom stereocenters. The van der Waals surface area contributed by atoms with Crippen LogP contribution in [-0.4, -0.2) is 13.1 Å². The van der Waals surface area contributed by atoms with E-state index in [4.69, 9.17) is 0 Å². The predicted molar refractivity (Wildman–Crippen MR) is 88.3 cm³/mol. The molecule has 0 unspecified atom stereocenters. The van der Waals surface area contributed by atoms with E-state index in [2.05, 4.69) is 66.8 Å². The summed E-state index contributed by atoms with van der Waals surface area (Å²) in [6.07, 6.45) is 5.34. The Bertz CT molecular complexity index is 429. The molecule has 1 saturated carbocycles. The number of aryl methyl sites for hydroxylation is 1. The molecule has 1 aromatic carbocycles. The minimum absolute atomic E-state index is 0.549. The molecule has 19 heavy (non-hydrogen) atoms. The van der Waals surface area contributed by atoms with Gasteiger partial charge in [0, 0.05) is 24.1 Å². The van der Waals surface area contributed by atoms with E-state index in [0.717, 1.165) is 5.33 Å². The first-order chi connectivity index (χ1) is 8.93. The Morgan fingerprint density at radius 1 is 1.26 bits per heavy atom. The van der Waals surface area contributed by atoms with Crippen LogP contribution < -0.4 is 4.90 Å². The smallest absolute Gasteiger partial charge is 0.0368 e. The maximum atomic E-state index is 3.55. The van der Waals surface area contributed by atoms with Gasteiger partial charge in [0.05, 0.1) is 0 Å². The normalized spacial score (nSPS) is 19.4. The quantitative estimate of drug-likeness (QED) is 0.682. The molecule has 0 bridgehead atoms. The highest BCUT2D eigenvalue weighted by atomic mass is 79.9. The largest absolute Gasteiger partial charge is 0.372 e. The van der Waals surface area contributed by atoms with Crippen LogP contribution >= 0.6 is 15.9 Å². The molecule has 0 amide bonds. The van der Waals surface area contributed by atoms with E-state index >= 15 is 0 Å². The number of hydrogen-bond donors (Lipinski definition) is 0. The lowest BCUT2D eigenvalue weighted by Gasteiger charge is -2.39. The first-order valence-corrected chi connectivity index (χ1v) is 8.43. The lowest BCUT2D eigenvalue weighted by atomic mass is 9.75. The summed E-state index contributed by atoms with van der Waals surface area (Å²) in [5, 5.41) is 0.945. The van der Waals surface area contributed by atoms with Gasteiger partial charge in [-0.2, -0.15) is 0 Å². The predicted octanol–water partition coefficient (Wildman–Crippen LogP) is 5.29. The fourth-order valence-corrected chi connectivity index (χ4v) is 3.66. The van der Waals surface area contributed by atoms with Gasteiger partial charge < -0.3 is 4.90 Å². The standard InChI is InChI=1S/C17H26BrN/c1-13-11-16(6-5-14(13)12-18)19(4)15-7-9-17(2,3)10-8-15/h5-6,11,15H,7-10,12H2,1-4H3. The average Bonchev–Trinajstić information content (AvgIpc) is 2.38. The van der Waals surface area contributed by atoms with Crippen molar-refractivity contribution in [3.8, 4) is 0 Å². The molecule has 0 N–H and O–H groups in total. The van der Waals surface area contributed by atoms with Crippen LogP contribution in [0.3, 0.4) is 0 Å². The maximum Gasteiger partial charge on any atom is 0.0368 e. The molecule has 0 saturated heterocycles. The van der Waals surface area contributed by atoms with Crippen LogP contribution in [-0.2, 0) is 5.33 Å². The monoisotopic (exact) mass is 323 g/mol. The van der Waals surface area contributed by atoms with Gasteiger partial charge in [-0.25, -0.2) is 0 Å². The molecular formula is C17H26BrN. The molecule has 2 heteroatoms. The van der Waals surface area contributed by atoms with Gasteiger partial charge >= 0.3 is 0 Å². The maximum absolute atomic E-state index is 3.55. The number of rotatable bonds is 3. The molecule has 1 aromatic rings. The Labute approximate surface area is 126 Å². The van der Waals surface area contributed by atoms with Crippen LogP contribution in [0.2, 0.25) is 0 Å². The zero-order valence-corrected chi connectivity index (χ0v) is 14.3. The molecule has 1 nitrogen and oxygen atoms in total. The van der Waals surface area contributed by atoms with Crippen molar-refractivity contribution in [2.75, 3.05) is 11.9 Å². The van der Waals surface area contributed by atoms with Crippen LogP contribution in [0, 0.1) is 12.3 Å². The lowest BCUT2D eigenvalue weighted by molar-refractivity contribution is 0.222. The number of anilines is 1. The van der Waals surface area contributed by atoms with Crippen LogP contribution in [0.4, 0.5) is 5.69 Å². The summed E-state index contributed by atoms with van der Waals surface area (Å²) < 4.78 is 0. The van der Waals surface area contributed by atoms with E-state index in [-0.39, 0.29) is 0 Å². The van der Waals surface area contributed by atoms with E-state index in [0.29, 0.717) is 11.5 Å². The van der Waals surface area contributed by atoms with Gasteiger partial charge in [0.2, 0.25) is 0 Å². The van der Waals surface area contributed by atoms with Crippen molar-refractivity contribution >= 4 is 21.6 Å². The van der Waals surface area contributed by atoms with Gasteiger partial charge in [-0.1, -0.05) is 35.8 Å². The van der Waals surface area contributed by atoms with E-state index < -0.39 is 0 Å². The molecule has 0 aliphatic heterocycles. The van der Waals surface area contributed by atoms with Crippen molar-refractivity contribution < 1.29 is 0 Å². The van der Waals surface area contributed by atoms with Crippen molar-refractivity contribution in [1.29, 1.82) is 0 Å². The third-order valence-corrected chi connectivity index (χ3v) is 5.34. The number of nitrogens with zero attached hydrogens (tertiary/aromatic N) is 1. The molecule has 0 heterocycles. The summed E-state index contributed by atoms with van der Waals surface area (Å²) >= 11 is 3.55. The number of halogens is 1. The average molecular weight is 324 g/mol. The second-order valence-corrected chi connectivity index (χ2v) is 7.31. The van der Waals surface area contributed by atoms with E-state index in [1.807, 2.05) is 0 Å². The molecule has 0 radical (unpaired) electrons. The Kier molecular flexibility index (Phi) is 4.60. The third-order valence-electron chi connectivity index (χ3n) is 4.73. The molecule has 106 valence electrons. The van der Waals surface area contributed by atoms with Crippen molar-refractivity contribution in [2.24, 2.45) is 5.41 Å². The molecular weight excluding hydrogens is 298 g/mol. The van der Waals surface area contributed by atoms with Crippen LogP contribution in [0.1, 0.15) is 50.7 Å².